The van der Waals surface area contributed by atoms with Crippen molar-refractivity contribution in [2.45, 2.75) is 43.5 Å². The predicted octanol–water partition coefficient (Wildman–Crippen LogP) is 4.00. The van der Waals surface area contributed by atoms with Gasteiger partial charge in [-0.1, -0.05) is 23.7 Å². The number of nitrogens with one attached hydrogen (secondary N) is 1. The Labute approximate surface area is 124 Å². The summed E-state index contributed by atoms with van der Waals surface area (Å²) in [6, 6.07) is 10.9. The van der Waals surface area contributed by atoms with Gasteiger partial charge in [0.05, 0.1) is 6.07 Å². The standard InChI is InChI=1S/C15H19ClN2S/c1-15(11-17,18-14-6-7-14)8-9-19-10-12-2-4-13(16)5-3-12/h2-5,14,18H,6-10H2,1H3. The van der Waals surface area contributed by atoms with E-state index in [0.717, 1.165) is 22.9 Å². The van der Waals surface area contributed by atoms with E-state index in [1.807, 2.05) is 30.8 Å². The summed E-state index contributed by atoms with van der Waals surface area (Å²) in [4.78, 5) is 0. The molecule has 0 amide bonds. The van der Waals surface area contributed by atoms with Crippen molar-refractivity contribution >= 4 is 23.4 Å². The SMILES string of the molecule is CC(C#N)(CCSCc1ccc(Cl)cc1)NC1CC1. The van der Waals surface area contributed by atoms with E-state index in [9.17, 15) is 5.26 Å². The molecule has 0 aromatic heterocycles. The zero-order valence-corrected chi connectivity index (χ0v) is 12.7. The lowest BCUT2D eigenvalue weighted by Gasteiger charge is -2.22. The normalized spacial score (nSPS) is 17.7. The van der Waals surface area contributed by atoms with E-state index in [-0.39, 0.29) is 5.54 Å². The van der Waals surface area contributed by atoms with Gasteiger partial charge < -0.3 is 0 Å². The maximum Gasteiger partial charge on any atom is 0.104 e. The molecule has 1 aliphatic carbocycles. The van der Waals surface area contributed by atoms with Crippen LogP contribution >= 0.6 is 23.4 Å². The molecule has 1 saturated carbocycles. The fourth-order valence-electron chi connectivity index (χ4n) is 1.89. The molecule has 1 aliphatic rings. The third kappa shape index (κ3) is 5.06. The van der Waals surface area contributed by atoms with E-state index in [4.69, 9.17) is 11.6 Å². The molecule has 0 bridgehead atoms. The fraction of sp³-hybridized carbons (Fsp3) is 0.533. The smallest absolute Gasteiger partial charge is 0.104 e. The van der Waals surface area contributed by atoms with Crippen LogP contribution in [0.4, 0.5) is 0 Å². The van der Waals surface area contributed by atoms with Gasteiger partial charge in [0.1, 0.15) is 5.54 Å². The quantitative estimate of drug-likeness (QED) is 0.772. The van der Waals surface area contributed by atoms with Crippen LogP contribution in [0.15, 0.2) is 24.3 Å². The lowest BCUT2D eigenvalue weighted by atomic mass is 10.0. The van der Waals surface area contributed by atoms with Crippen molar-refractivity contribution in [3.05, 3.63) is 34.9 Å². The van der Waals surface area contributed by atoms with Crippen molar-refractivity contribution in [2.24, 2.45) is 0 Å². The van der Waals surface area contributed by atoms with Crippen molar-refractivity contribution in [1.82, 2.24) is 5.32 Å². The summed E-state index contributed by atoms with van der Waals surface area (Å²) in [5.74, 6) is 1.97. The number of hydrogen-bond acceptors (Lipinski definition) is 3. The number of thioether (sulfide) groups is 1. The van der Waals surface area contributed by atoms with Crippen molar-refractivity contribution in [3.8, 4) is 6.07 Å². The van der Waals surface area contributed by atoms with Gasteiger partial charge in [-0.15, -0.1) is 0 Å². The molecule has 1 aromatic rings. The third-order valence-corrected chi connectivity index (χ3v) is 4.56. The summed E-state index contributed by atoms with van der Waals surface area (Å²) < 4.78 is 0. The molecular weight excluding hydrogens is 276 g/mol. The largest absolute Gasteiger partial charge is 0.297 e. The molecule has 1 fully saturated rings. The number of rotatable bonds is 7. The molecule has 0 saturated heterocycles. The first-order chi connectivity index (χ1) is 9.11. The van der Waals surface area contributed by atoms with E-state index < -0.39 is 0 Å². The summed E-state index contributed by atoms with van der Waals surface area (Å²) in [7, 11) is 0. The minimum Gasteiger partial charge on any atom is -0.297 e. The Hall–Kier alpha value is -0.690. The minimum absolute atomic E-state index is 0.367. The highest BCUT2D eigenvalue weighted by Gasteiger charge is 2.31. The van der Waals surface area contributed by atoms with Crippen molar-refractivity contribution in [3.63, 3.8) is 0 Å². The second kappa shape index (κ2) is 6.65. The Morgan fingerprint density at radius 3 is 2.68 bits per heavy atom. The van der Waals surface area contributed by atoms with Gasteiger partial charge in [0.2, 0.25) is 0 Å². The van der Waals surface area contributed by atoms with Crippen LogP contribution in [0, 0.1) is 11.3 Å². The first-order valence-corrected chi connectivity index (χ1v) is 8.16. The second-order valence-corrected chi connectivity index (χ2v) is 6.83. The predicted molar refractivity (Wildman–Crippen MR) is 82.4 cm³/mol. The monoisotopic (exact) mass is 294 g/mol. The van der Waals surface area contributed by atoms with E-state index in [1.165, 1.54) is 18.4 Å². The van der Waals surface area contributed by atoms with Crippen LogP contribution in [-0.4, -0.2) is 17.3 Å². The fourth-order valence-corrected chi connectivity index (χ4v) is 3.14. The van der Waals surface area contributed by atoms with Gasteiger partial charge in [-0.2, -0.15) is 17.0 Å². The molecule has 1 atom stereocenters. The number of nitrogens with zero attached hydrogens (tertiary/aromatic N) is 1. The van der Waals surface area contributed by atoms with Gasteiger partial charge in [-0.3, -0.25) is 5.32 Å². The average Bonchev–Trinajstić information content (AvgIpc) is 3.21. The maximum absolute atomic E-state index is 9.27. The van der Waals surface area contributed by atoms with Gasteiger partial charge in [0.15, 0.2) is 0 Å². The molecule has 102 valence electrons. The third-order valence-electron chi connectivity index (χ3n) is 3.28. The highest BCUT2D eigenvalue weighted by molar-refractivity contribution is 7.98. The molecule has 0 radical (unpaired) electrons. The molecule has 1 N–H and O–H groups in total. The molecule has 0 heterocycles. The maximum atomic E-state index is 9.27. The van der Waals surface area contributed by atoms with Crippen LogP contribution in [0.1, 0.15) is 31.7 Å². The first kappa shape index (κ1) is 14.7. The number of hydrogen-bond donors (Lipinski definition) is 1. The second-order valence-electron chi connectivity index (χ2n) is 5.29. The zero-order chi connectivity index (χ0) is 13.7. The highest BCUT2D eigenvalue weighted by atomic mass is 35.5. The molecule has 2 nitrogen and oxygen atoms in total. The van der Waals surface area contributed by atoms with Gasteiger partial charge in [0.25, 0.3) is 0 Å². The van der Waals surface area contributed by atoms with Gasteiger partial charge in [0, 0.05) is 16.8 Å². The van der Waals surface area contributed by atoms with Gasteiger partial charge in [-0.25, -0.2) is 0 Å². The Morgan fingerprint density at radius 2 is 2.11 bits per heavy atom. The molecular formula is C15H19ClN2S. The van der Waals surface area contributed by atoms with Crippen LogP contribution in [-0.2, 0) is 5.75 Å². The van der Waals surface area contributed by atoms with Crippen LogP contribution in [0.25, 0.3) is 0 Å². The Kier molecular flexibility index (Phi) is 5.15. The molecule has 0 aliphatic heterocycles. The molecule has 2 rings (SSSR count). The Bertz CT molecular complexity index is 450. The first-order valence-electron chi connectivity index (χ1n) is 6.62. The molecule has 1 aromatic carbocycles. The van der Waals surface area contributed by atoms with Gasteiger partial charge >= 0.3 is 0 Å². The lowest BCUT2D eigenvalue weighted by Crippen LogP contribution is -2.42. The minimum atomic E-state index is -0.367. The summed E-state index contributed by atoms with van der Waals surface area (Å²) in [6.07, 6.45) is 3.32. The summed E-state index contributed by atoms with van der Waals surface area (Å²) in [5.41, 5.74) is 0.914. The Morgan fingerprint density at radius 1 is 1.42 bits per heavy atom. The Balaban J connectivity index is 1.70. The van der Waals surface area contributed by atoms with Crippen LogP contribution in [0.2, 0.25) is 5.02 Å². The van der Waals surface area contributed by atoms with E-state index in [2.05, 4.69) is 23.5 Å². The van der Waals surface area contributed by atoms with Crippen molar-refractivity contribution in [1.29, 1.82) is 5.26 Å². The number of nitriles is 1. The van der Waals surface area contributed by atoms with Crippen molar-refractivity contribution in [2.75, 3.05) is 5.75 Å². The van der Waals surface area contributed by atoms with E-state index in [1.54, 1.807) is 0 Å². The summed E-state index contributed by atoms with van der Waals surface area (Å²) >= 11 is 7.72. The summed E-state index contributed by atoms with van der Waals surface area (Å²) in [6.45, 7) is 2.01. The number of benzene rings is 1. The topological polar surface area (TPSA) is 35.8 Å². The molecule has 4 heteroatoms. The van der Waals surface area contributed by atoms with Crippen molar-refractivity contribution < 1.29 is 0 Å². The lowest BCUT2D eigenvalue weighted by molar-refractivity contribution is 0.434. The highest BCUT2D eigenvalue weighted by Crippen LogP contribution is 2.25. The summed E-state index contributed by atoms with van der Waals surface area (Å²) in [5, 5.41) is 13.5. The molecule has 0 spiro atoms. The van der Waals surface area contributed by atoms with Crippen LogP contribution < -0.4 is 5.32 Å². The average molecular weight is 295 g/mol. The number of halogens is 1. The van der Waals surface area contributed by atoms with Crippen LogP contribution in [0.5, 0.6) is 0 Å². The zero-order valence-electron chi connectivity index (χ0n) is 11.2. The van der Waals surface area contributed by atoms with Gasteiger partial charge in [-0.05, 0) is 49.6 Å². The molecule has 1 unspecified atom stereocenters. The van der Waals surface area contributed by atoms with Crippen LogP contribution in [0.3, 0.4) is 0 Å². The van der Waals surface area contributed by atoms with E-state index in [0.29, 0.717) is 6.04 Å². The van der Waals surface area contributed by atoms with E-state index >= 15 is 0 Å². The molecule has 19 heavy (non-hydrogen) atoms.